The smallest absolute Gasteiger partial charge is 0.264 e. The molecular formula is C31H36ClN5O9. The molecule has 3 aromatic rings. The van der Waals surface area contributed by atoms with Crippen molar-refractivity contribution in [2.24, 2.45) is 5.92 Å². The van der Waals surface area contributed by atoms with Gasteiger partial charge < -0.3 is 45.6 Å². The molecule has 246 valence electrons. The minimum Gasteiger partial charge on any atom is -0.396 e. The fourth-order valence-corrected chi connectivity index (χ4v) is 5.79. The summed E-state index contributed by atoms with van der Waals surface area (Å²) in [5.74, 6) is -2.06. The molecule has 2 amide bonds. The lowest BCUT2D eigenvalue weighted by Gasteiger charge is -2.37. The molecule has 7 N–H and O–H groups in total. The van der Waals surface area contributed by atoms with Crippen LogP contribution >= 0.6 is 11.6 Å². The molecule has 1 aromatic heterocycles. The minimum absolute atomic E-state index is 0.0158. The van der Waals surface area contributed by atoms with Gasteiger partial charge in [-0.2, -0.15) is 0 Å². The molecule has 14 nitrogen and oxygen atoms in total. The van der Waals surface area contributed by atoms with Gasteiger partial charge in [0.25, 0.3) is 11.8 Å². The van der Waals surface area contributed by atoms with Gasteiger partial charge in [-0.25, -0.2) is 0 Å². The standard InChI is InChI=1S/C31H36ClN5O9/c1-17(5-2-3-11-36-16-21(10-12-38)34-35-36)31(45)22-14-19(32)8-9-23(22)37(30(31)44)15-18-6-4-7-20(13-18)33-28(42)27-25(40)24(39)26(41)29(43)46-27/h2,4-9,13-14,16-17,24-27,29,38-41,43,45H,3,10-12,15H2,1H3,(H,33,42)/b5-2+/t17-,24-,25-,26+,27-,29+,31+/m0/s1. The van der Waals surface area contributed by atoms with Gasteiger partial charge in [0.2, 0.25) is 0 Å². The van der Waals surface area contributed by atoms with Crippen LogP contribution in [-0.2, 0) is 39.4 Å². The third kappa shape index (κ3) is 6.70. The van der Waals surface area contributed by atoms with Crippen molar-refractivity contribution < 1.29 is 45.0 Å². The van der Waals surface area contributed by atoms with Crippen LogP contribution in [0.25, 0.3) is 0 Å². The average Bonchev–Trinajstić information content (AvgIpc) is 3.56. The van der Waals surface area contributed by atoms with Crippen molar-refractivity contribution in [3.05, 3.63) is 82.7 Å². The summed E-state index contributed by atoms with van der Waals surface area (Å²) in [4.78, 5) is 28.2. The molecule has 5 rings (SSSR count). The Morgan fingerprint density at radius 3 is 2.70 bits per heavy atom. The largest absolute Gasteiger partial charge is 0.396 e. The van der Waals surface area contributed by atoms with Gasteiger partial charge in [-0.05, 0) is 42.3 Å². The minimum atomic E-state index is -1.91. The summed E-state index contributed by atoms with van der Waals surface area (Å²) < 4.78 is 6.66. The Labute approximate surface area is 269 Å². The summed E-state index contributed by atoms with van der Waals surface area (Å²) in [7, 11) is 0. The monoisotopic (exact) mass is 657 g/mol. The summed E-state index contributed by atoms with van der Waals surface area (Å²) in [6.07, 6.45) is -2.53. The Morgan fingerprint density at radius 2 is 1.93 bits per heavy atom. The van der Waals surface area contributed by atoms with Crippen LogP contribution in [0.1, 0.15) is 30.2 Å². The molecule has 1 fully saturated rings. The number of fused-ring (bicyclic) bond motifs is 1. The number of carbonyl (C=O) groups excluding carboxylic acids is 2. The third-order valence-electron chi connectivity index (χ3n) is 8.18. The van der Waals surface area contributed by atoms with E-state index < -0.39 is 54.0 Å². The second-order valence-electron chi connectivity index (χ2n) is 11.4. The number of ether oxygens (including phenoxy) is 1. The van der Waals surface area contributed by atoms with Crippen molar-refractivity contribution in [2.75, 3.05) is 16.8 Å². The first-order valence-electron chi connectivity index (χ1n) is 14.7. The van der Waals surface area contributed by atoms with Crippen LogP contribution in [0.15, 0.2) is 60.8 Å². The lowest BCUT2D eigenvalue weighted by Crippen LogP contribution is -2.60. The number of aryl methyl sites for hydroxylation is 1. The molecule has 2 aliphatic rings. The van der Waals surface area contributed by atoms with Gasteiger partial charge in [0, 0.05) is 48.0 Å². The number of nitrogens with one attached hydrogen (secondary N) is 1. The van der Waals surface area contributed by atoms with Crippen molar-refractivity contribution in [3.63, 3.8) is 0 Å². The van der Waals surface area contributed by atoms with Crippen molar-refractivity contribution >= 4 is 34.8 Å². The van der Waals surface area contributed by atoms with Crippen LogP contribution < -0.4 is 10.2 Å². The fourth-order valence-electron chi connectivity index (χ4n) is 5.62. The van der Waals surface area contributed by atoms with Gasteiger partial charge in [-0.15, -0.1) is 5.10 Å². The molecule has 7 atom stereocenters. The molecule has 2 aromatic carbocycles. The van der Waals surface area contributed by atoms with Gasteiger partial charge in [-0.1, -0.05) is 48.0 Å². The second-order valence-corrected chi connectivity index (χ2v) is 11.8. The molecule has 0 aliphatic carbocycles. The number of anilines is 2. The Hall–Kier alpha value is -3.73. The summed E-state index contributed by atoms with van der Waals surface area (Å²) in [6.45, 7) is 2.27. The van der Waals surface area contributed by atoms with Crippen LogP contribution in [-0.4, -0.2) is 94.8 Å². The van der Waals surface area contributed by atoms with Crippen molar-refractivity contribution in [1.29, 1.82) is 0 Å². The molecular weight excluding hydrogens is 622 g/mol. The molecule has 15 heteroatoms. The van der Waals surface area contributed by atoms with Crippen molar-refractivity contribution in [1.82, 2.24) is 15.0 Å². The van der Waals surface area contributed by atoms with E-state index >= 15 is 0 Å². The zero-order valence-electron chi connectivity index (χ0n) is 24.8. The number of allylic oxidation sites excluding steroid dienone is 1. The summed E-state index contributed by atoms with van der Waals surface area (Å²) in [5, 5.41) is 71.5. The highest BCUT2D eigenvalue weighted by Gasteiger charge is 2.52. The van der Waals surface area contributed by atoms with E-state index in [2.05, 4.69) is 15.6 Å². The highest BCUT2D eigenvalue weighted by Crippen LogP contribution is 2.46. The first-order chi connectivity index (χ1) is 21.9. The number of hydrogen-bond acceptors (Lipinski definition) is 11. The number of rotatable bonds is 11. The van der Waals surface area contributed by atoms with Crippen LogP contribution in [0.4, 0.5) is 11.4 Å². The van der Waals surface area contributed by atoms with Gasteiger partial charge in [-0.3, -0.25) is 14.3 Å². The van der Waals surface area contributed by atoms with Crippen LogP contribution in [0, 0.1) is 5.92 Å². The lowest BCUT2D eigenvalue weighted by molar-refractivity contribution is -0.274. The quantitative estimate of drug-likeness (QED) is 0.139. The number of halogens is 1. The van der Waals surface area contributed by atoms with E-state index in [9.17, 15) is 35.1 Å². The van der Waals surface area contributed by atoms with Gasteiger partial charge in [0.1, 0.15) is 18.3 Å². The Morgan fingerprint density at radius 1 is 1.15 bits per heavy atom. The predicted octanol–water partition coefficient (Wildman–Crippen LogP) is 0.222. The van der Waals surface area contributed by atoms with E-state index in [1.165, 1.54) is 4.90 Å². The van der Waals surface area contributed by atoms with E-state index in [0.29, 0.717) is 46.9 Å². The summed E-state index contributed by atoms with van der Waals surface area (Å²) >= 11 is 6.30. The van der Waals surface area contributed by atoms with E-state index in [0.717, 1.165) is 0 Å². The van der Waals surface area contributed by atoms with E-state index in [1.807, 2.05) is 6.08 Å². The molecule has 0 spiro atoms. The molecule has 0 unspecified atom stereocenters. The zero-order valence-corrected chi connectivity index (χ0v) is 25.6. The Bertz CT molecular complexity index is 1600. The highest BCUT2D eigenvalue weighted by molar-refractivity contribution is 6.31. The van der Waals surface area contributed by atoms with Crippen LogP contribution in [0.2, 0.25) is 5.02 Å². The first-order valence-corrected chi connectivity index (χ1v) is 15.1. The Balaban J connectivity index is 1.30. The maximum absolute atomic E-state index is 13.9. The molecule has 2 aliphatic heterocycles. The molecule has 0 bridgehead atoms. The van der Waals surface area contributed by atoms with E-state index in [1.54, 1.807) is 66.3 Å². The topological polar surface area (TPSA) is 211 Å². The maximum Gasteiger partial charge on any atom is 0.264 e. The number of nitrogens with zero attached hydrogens (tertiary/aromatic N) is 4. The number of hydrogen-bond donors (Lipinski definition) is 7. The summed E-state index contributed by atoms with van der Waals surface area (Å²) in [6, 6.07) is 11.4. The number of aromatic nitrogens is 3. The number of aliphatic hydroxyl groups is 6. The lowest BCUT2D eigenvalue weighted by atomic mass is 9.83. The second kappa shape index (κ2) is 13.9. The number of amides is 2. The number of carbonyl (C=O) groups is 2. The zero-order chi connectivity index (χ0) is 33.2. The Kier molecular flexibility index (Phi) is 10.2. The molecule has 0 radical (unpaired) electrons. The van der Waals surface area contributed by atoms with E-state index in [4.69, 9.17) is 21.4 Å². The molecule has 46 heavy (non-hydrogen) atoms. The number of benzene rings is 2. The van der Waals surface area contributed by atoms with Gasteiger partial charge in [0.15, 0.2) is 18.0 Å². The van der Waals surface area contributed by atoms with Crippen LogP contribution in [0.5, 0.6) is 0 Å². The average molecular weight is 658 g/mol. The summed E-state index contributed by atoms with van der Waals surface area (Å²) in [5.41, 5.74) is 0.479. The molecule has 3 heterocycles. The van der Waals surface area contributed by atoms with Crippen LogP contribution in [0.3, 0.4) is 0 Å². The van der Waals surface area contributed by atoms with Crippen molar-refractivity contribution in [2.45, 2.75) is 69.2 Å². The molecule has 1 saturated heterocycles. The third-order valence-corrected chi connectivity index (χ3v) is 8.41. The van der Waals surface area contributed by atoms with Gasteiger partial charge >= 0.3 is 0 Å². The number of aliphatic hydroxyl groups excluding tert-OH is 5. The predicted molar refractivity (Wildman–Crippen MR) is 164 cm³/mol. The first kappa shape index (κ1) is 33.6. The normalized spacial score (nSPS) is 26.8. The fraction of sp³-hybridized carbons (Fsp3) is 0.419. The maximum atomic E-state index is 13.9. The van der Waals surface area contributed by atoms with Crippen molar-refractivity contribution in [3.8, 4) is 0 Å². The van der Waals surface area contributed by atoms with E-state index in [-0.39, 0.29) is 18.8 Å². The SMILES string of the molecule is C[C@@H](/C=C/CCn1cc(CCO)nn1)[C@]1(O)C(=O)N(Cc2cccc(NC(=O)[C@H]3O[C@@H](O)[C@H](O)[C@@H](O)[C@@H]3O)c2)c2ccc(Cl)cc21. The molecule has 0 saturated carbocycles. The van der Waals surface area contributed by atoms with Gasteiger partial charge in [0.05, 0.1) is 17.9 Å². The highest BCUT2D eigenvalue weighted by atomic mass is 35.5.